The fourth-order valence-electron chi connectivity index (χ4n) is 4.15. The minimum absolute atomic E-state index is 0.0810. The Hall–Kier alpha value is -1.31. The molecular weight excluding hydrogens is 534 g/mol. The second-order valence-electron chi connectivity index (χ2n) is 8.20. The lowest BCUT2D eigenvalue weighted by atomic mass is 10.1. The van der Waals surface area contributed by atoms with Crippen molar-refractivity contribution in [2.24, 2.45) is 0 Å². The lowest BCUT2D eigenvalue weighted by Gasteiger charge is -2.26. The molecule has 2 unspecified atom stereocenters. The van der Waals surface area contributed by atoms with Gasteiger partial charge in [-0.1, -0.05) is 0 Å². The fourth-order valence-corrected chi connectivity index (χ4v) is 6.24. The van der Waals surface area contributed by atoms with Crippen LogP contribution in [0.15, 0.2) is 12.5 Å². The van der Waals surface area contributed by atoms with Crippen LogP contribution in [0, 0.1) is 0 Å². The molecule has 8 bridgehead atoms. The van der Waals surface area contributed by atoms with Crippen LogP contribution in [0.5, 0.6) is 6.01 Å². The van der Waals surface area contributed by atoms with Crippen molar-refractivity contribution in [3.63, 3.8) is 0 Å². The molecule has 20 heteroatoms. The maximum Gasteiger partial charge on any atom is 0.434 e. The van der Waals surface area contributed by atoms with E-state index in [4.69, 9.17) is 14.2 Å². The molecule has 4 aliphatic rings. The van der Waals surface area contributed by atoms with Crippen LogP contribution in [0.2, 0.25) is 0 Å². The smallest absolute Gasteiger partial charge is 0.434 e. The molecule has 200 valence electrons. The minimum atomic E-state index is -5.26. The summed E-state index contributed by atoms with van der Waals surface area (Å²) in [5, 5.41) is 41.9. The molecule has 0 amide bonds. The summed E-state index contributed by atoms with van der Waals surface area (Å²) in [7, 11) is -9.21. The molecule has 0 saturated carbocycles. The van der Waals surface area contributed by atoms with Gasteiger partial charge in [-0.2, -0.15) is 23.8 Å². The number of phosphoric acid groups is 2. The first-order valence-electron chi connectivity index (χ1n) is 10.4. The average Bonchev–Trinajstić information content (AvgIpc) is 3.41. The van der Waals surface area contributed by atoms with Crippen molar-refractivity contribution in [3.05, 3.63) is 12.5 Å². The van der Waals surface area contributed by atoms with E-state index in [1.165, 1.54) is 28.8 Å². The van der Waals surface area contributed by atoms with Crippen molar-refractivity contribution in [1.82, 2.24) is 14.5 Å². The standard InChI is InChI=1S/C16H22N4O14P2/c1-29-16-18-6-2-19-5-17-13(6)20(16)15-12(24)10(22)8(33-15)4-31-36(27,28)34-35(25,26)30-3-7-9(21)11(23)14(19)32-7/h2,5,7-12,14-15,21-24H,3-4H2,1H3,(H-,25,26,27,28)/p+1/t7-,8-,9-,10-,11-,12-,14-,15-/m1/s1. The van der Waals surface area contributed by atoms with Gasteiger partial charge in [0.1, 0.15) is 56.0 Å². The molecule has 4 aliphatic heterocycles. The first-order chi connectivity index (χ1) is 16.9. The summed E-state index contributed by atoms with van der Waals surface area (Å²) in [6.07, 6.45) is -9.08. The number of aromatic nitrogens is 4. The summed E-state index contributed by atoms with van der Waals surface area (Å²) >= 11 is 0. The van der Waals surface area contributed by atoms with Gasteiger partial charge in [-0.3, -0.25) is 0 Å². The molecule has 6 N–H and O–H groups in total. The zero-order chi connectivity index (χ0) is 26.0. The highest BCUT2D eigenvalue weighted by atomic mass is 31.3. The van der Waals surface area contributed by atoms with Gasteiger partial charge in [-0.25, -0.2) is 9.13 Å². The first-order valence-corrected chi connectivity index (χ1v) is 13.4. The second kappa shape index (κ2) is 9.46. The lowest BCUT2D eigenvalue weighted by Crippen LogP contribution is -2.46. The molecule has 10 atom stereocenters. The fraction of sp³-hybridized carbons (Fsp3) is 0.688. The summed E-state index contributed by atoms with van der Waals surface area (Å²) in [6, 6.07) is -0.0810. The van der Waals surface area contributed by atoms with Crippen LogP contribution in [-0.4, -0.2) is 102 Å². The van der Waals surface area contributed by atoms with Gasteiger partial charge < -0.3 is 44.4 Å². The summed E-state index contributed by atoms with van der Waals surface area (Å²) in [5.74, 6) is 0. The number of phosphoric ester groups is 2. The zero-order valence-electron chi connectivity index (χ0n) is 18.3. The van der Waals surface area contributed by atoms with Crippen molar-refractivity contribution in [1.29, 1.82) is 0 Å². The average molecular weight is 557 g/mol. The Kier molecular flexibility index (Phi) is 6.91. The third-order valence-electron chi connectivity index (χ3n) is 5.88. The predicted molar refractivity (Wildman–Crippen MR) is 107 cm³/mol. The van der Waals surface area contributed by atoms with Crippen LogP contribution >= 0.6 is 16.3 Å². The maximum atomic E-state index is 12.2. The van der Waals surface area contributed by atoms with E-state index in [0.29, 0.717) is 0 Å². The monoisotopic (exact) mass is 557 g/mol. The van der Waals surface area contributed by atoms with Gasteiger partial charge in [-0.15, -0.1) is 0 Å². The van der Waals surface area contributed by atoms with Crippen LogP contribution in [0.1, 0.15) is 12.5 Å². The highest BCUT2D eigenvalue weighted by Crippen LogP contribution is 2.65. The largest absolute Gasteiger partial charge is 0.603 e. The first kappa shape index (κ1) is 26.3. The van der Waals surface area contributed by atoms with E-state index >= 15 is 0 Å². The molecule has 2 fully saturated rings. The number of nitrogens with zero attached hydrogens (tertiary/aromatic N) is 4. The number of imidazole rings is 1. The molecule has 2 saturated heterocycles. The van der Waals surface area contributed by atoms with Crippen LogP contribution in [0.4, 0.5) is 0 Å². The van der Waals surface area contributed by atoms with E-state index in [9.17, 15) is 40.0 Å². The van der Waals surface area contributed by atoms with Crippen LogP contribution in [-0.2, 0) is 22.8 Å². The zero-order valence-corrected chi connectivity index (χ0v) is 20.1. The second-order valence-corrected chi connectivity index (χ2v) is 11.2. The Balaban J connectivity index is 1.57. The molecule has 18 nitrogen and oxygen atoms in total. The van der Waals surface area contributed by atoms with Gasteiger partial charge in [0.05, 0.1) is 7.11 Å². The van der Waals surface area contributed by atoms with Gasteiger partial charge in [0.25, 0.3) is 12.0 Å². The topological polar surface area (TPSA) is 257 Å². The van der Waals surface area contributed by atoms with Crippen LogP contribution in [0.3, 0.4) is 0 Å². The molecular formula is C16H23N4O14P2+. The van der Waals surface area contributed by atoms with E-state index in [1.54, 1.807) is 0 Å². The predicted octanol–water partition coefficient (Wildman–Crippen LogP) is -4.91. The molecule has 36 heavy (non-hydrogen) atoms. The summed E-state index contributed by atoms with van der Waals surface area (Å²) in [5.41, 5.74) is 0.311. The van der Waals surface area contributed by atoms with Gasteiger partial charge in [0.15, 0.2) is 11.7 Å². The van der Waals surface area contributed by atoms with Gasteiger partial charge in [-0.05, 0) is 4.98 Å². The lowest BCUT2D eigenvalue weighted by molar-refractivity contribution is -0.767. The number of aliphatic hydroxyl groups excluding tert-OH is 4. The maximum absolute atomic E-state index is 12.2. The number of hydrogen-bond donors (Lipinski definition) is 6. The molecule has 0 aromatic carbocycles. The Morgan fingerprint density at radius 3 is 2.25 bits per heavy atom. The van der Waals surface area contributed by atoms with E-state index < -0.39 is 78.6 Å². The number of ether oxygens (including phenoxy) is 3. The summed E-state index contributed by atoms with van der Waals surface area (Å²) in [4.78, 5) is 52.6. The van der Waals surface area contributed by atoms with Gasteiger partial charge in [0, 0.05) is 4.31 Å². The molecule has 6 heterocycles. The molecule has 6 rings (SSSR count). The molecule has 2 aromatic heterocycles. The Morgan fingerprint density at radius 1 is 1.00 bits per heavy atom. The number of aliphatic hydroxyl groups is 4. The molecule has 0 spiro atoms. The van der Waals surface area contributed by atoms with Crippen molar-refractivity contribution in [3.8, 4) is 6.01 Å². The Bertz CT molecular complexity index is 1120. The van der Waals surface area contributed by atoms with E-state index in [1.807, 2.05) is 0 Å². The number of fused-ring (bicyclic) bond motifs is 7. The normalized spacial score (nSPS) is 43.7. The van der Waals surface area contributed by atoms with Crippen molar-refractivity contribution in [2.75, 3.05) is 20.3 Å². The van der Waals surface area contributed by atoms with Gasteiger partial charge in [0.2, 0.25) is 6.23 Å². The Morgan fingerprint density at radius 2 is 1.61 bits per heavy atom. The number of hydrogen-bond acceptors (Lipinski definition) is 16. The molecule has 0 radical (unpaired) electrons. The highest BCUT2D eigenvalue weighted by molar-refractivity contribution is 7.66. The van der Waals surface area contributed by atoms with Crippen molar-refractivity contribution < 1.29 is 72.1 Å². The van der Waals surface area contributed by atoms with Crippen LogP contribution < -0.4 is 19.1 Å². The molecule has 0 aliphatic carbocycles. The van der Waals surface area contributed by atoms with Crippen molar-refractivity contribution in [2.45, 2.75) is 49.1 Å². The van der Waals surface area contributed by atoms with E-state index in [-0.39, 0.29) is 17.2 Å². The van der Waals surface area contributed by atoms with E-state index in [2.05, 4.69) is 23.3 Å². The Labute approximate surface area is 202 Å². The number of rotatable bonds is 1. The van der Waals surface area contributed by atoms with Crippen LogP contribution in [0.25, 0.3) is 11.2 Å². The quantitative estimate of drug-likeness (QED) is 0.142. The minimum Gasteiger partial charge on any atom is -0.603 e. The summed E-state index contributed by atoms with van der Waals surface area (Å²) in [6.45, 7) is -1.66. The highest BCUT2D eigenvalue weighted by Gasteiger charge is 2.53. The van der Waals surface area contributed by atoms with E-state index in [0.717, 1.165) is 0 Å². The summed E-state index contributed by atoms with van der Waals surface area (Å²) < 4.78 is 32.5. The van der Waals surface area contributed by atoms with Gasteiger partial charge >= 0.3 is 22.4 Å². The third-order valence-corrected chi connectivity index (χ3v) is 8.48. The number of methoxy groups -OCH3 is 1. The third kappa shape index (κ3) is 4.69. The molecule has 2 aromatic rings. The van der Waals surface area contributed by atoms with Crippen molar-refractivity contribution >= 4 is 27.5 Å². The SMILES string of the molecule is COc1nc2c[n+]3cnc2n1[C@@H]1O[C@H](CO[P+]([O-])(O)O[P+]([O-])(O)OC[C@H]2O[C@@H]3[C@H](O)[C@@H]2O)[C@@H](O)[C@H]1O.